The Kier molecular flexibility index (Phi) is 4.53. The predicted molar refractivity (Wildman–Crippen MR) is 69.9 cm³/mol. The molecule has 0 bridgehead atoms. The molecule has 5 heteroatoms. The summed E-state index contributed by atoms with van der Waals surface area (Å²) in [7, 11) is 2.97. The van der Waals surface area contributed by atoms with Gasteiger partial charge >= 0.3 is 5.97 Å². The van der Waals surface area contributed by atoms with E-state index in [1.807, 2.05) is 0 Å². The monoisotopic (exact) mass is 266 g/mol. The van der Waals surface area contributed by atoms with Crippen molar-refractivity contribution >= 4 is 11.8 Å². The zero-order valence-electron chi connectivity index (χ0n) is 11.5. The molecule has 0 amide bonds. The first-order valence-corrected chi connectivity index (χ1v) is 5.80. The van der Waals surface area contributed by atoms with E-state index in [0.717, 1.165) is 0 Å². The molecule has 0 spiro atoms. The van der Waals surface area contributed by atoms with Crippen LogP contribution in [0.4, 0.5) is 0 Å². The third-order valence-corrected chi connectivity index (χ3v) is 2.86. The first-order valence-electron chi connectivity index (χ1n) is 5.80. The topological polar surface area (TPSA) is 72.8 Å². The molecular weight excluding hydrogens is 248 g/mol. The Labute approximate surface area is 112 Å². The molecule has 0 aromatic heterocycles. The number of rotatable bonds is 6. The Bertz CT molecular complexity index is 491. The normalized spacial score (nSPS) is 10.9. The van der Waals surface area contributed by atoms with Crippen molar-refractivity contribution < 1.29 is 24.2 Å². The molecule has 0 aliphatic carbocycles. The first-order chi connectivity index (χ1) is 8.81. The Balaban J connectivity index is 3.15. The molecule has 19 heavy (non-hydrogen) atoms. The van der Waals surface area contributed by atoms with Crippen LogP contribution in [-0.4, -0.2) is 31.1 Å². The van der Waals surface area contributed by atoms with Crippen molar-refractivity contribution in [2.45, 2.75) is 20.3 Å². The zero-order valence-corrected chi connectivity index (χ0v) is 11.5. The van der Waals surface area contributed by atoms with E-state index in [4.69, 9.17) is 14.6 Å². The van der Waals surface area contributed by atoms with Crippen LogP contribution in [0.15, 0.2) is 18.2 Å². The fourth-order valence-corrected chi connectivity index (χ4v) is 1.81. The van der Waals surface area contributed by atoms with Gasteiger partial charge in [0.2, 0.25) is 0 Å². The van der Waals surface area contributed by atoms with Gasteiger partial charge in [-0.2, -0.15) is 0 Å². The minimum absolute atomic E-state index is 0.235. The fraction of sp³-hybridized carbons (Fsp3) is 0.429. The highest BCUT2D eigenvalue weighted by Crippen LogP contribution is 2.32. The molecule has 1 rings (SSSR count). The Hall–Kier alpha value is -2.04. The summed E-state index contributed by atoms with van der Waals surface area (Å²) in [4.78, 5) is 23.2. The third kappa shape index (κ3) is 3.47. The number of aliphatic carboxylic acids is 1. The molecule has 1 aromatic carbocycles. The number of carboxylic acid groups (broad SMARTS) is 1. The molecule has 1 aromatic rings. The highest BCUT2D eigenvalue weighted by Gasteiger charge is 2.33. The first kappa shape index (κ1) is 15.0. The van der Waals surface area contributed by atoms with Gasteiger partial charge in [-0.05, 0) is 12.1 Å². The number of methoxy groups -OCH3 is 2. The zero-order chi connectivity index (χ0) is 14.6. The molecule has 0 saturated carbocycles. The van der Waals surface area contributed by atoms with Crippen molar-refractivity contribution in [2.24, 2.45) is 5.41 Å². The lowest BCUT2D eigenvalue weighted by atomic mass is 9.81. The molecule has 0 atom stereocenters. The van der Waals surface area contributed by atoms with E-state index in [0.29, 0.717) is 17.1 Å². The molecule has 0 unspecified atom stereocenters. The van der Waals surface area contributed by atoms with Gasteiger partial charge in [0, 0.05) is 11.5 Å². The van der Waals surface area contributed by atoms with E-state index < -0.39 is 11.4 Å². The SMILES string of the molecule is COc1ccc(C(=O)C(C)(C)CC(=O)O)c(OC)c1. The van der Waals surface area contributed by atoms with Crippen LogP contribution in [0.3, 0.4) is 0 Å². The van der Waals surface area contributed by atoms with E-state index in [1.165, 1.54) is 14.2 Å². The lowest BCUT2D eigenvalue weighted by Crippen LogP contribution is -2.27. The van der Waals surface area contributed by atoms with Crippen LogP contribution in [0.1, 0.15) is 30.6 Å². The Morgan fingerprint density at radius 1 is 1.21 bits per heavy atom. The van der Waals surface area contributed by atoms with Crippen molar-refractivity contribution in [3.8, 4) is 11.5 Å². The summed E-state index contributed by atoms with van der Waals surface area (Å²) < 4.78 is 10.2. The fourth-order valence-electron chi connectivity index (χ4n) is 1.81. The van der Waals surface area contributed by atoms with Gasteiger partial charge in [0.25, 0.3) is 0 Å². The number of Topliss-reactive ketones (excluding diaryl/α,β-unsaturated/α-hetero) is 1. The highest BCUT2D eigenvalue weighted by atomic mass is 16.5. The van der Waals surface area contributed by atoms with Gasteiger partial charge in [0.15, 0.2) is 5.78 Å². The molecular formula is C14H18O5. The van der Waals surface area contributed by atoms with Gasteiger partial charge in [0.1, 0.15) is 11.5 Å². The van der Waals surface area contributed by atoms with Gasteiger partial charge in [0.05, 0.1) is 26.2 Å². The lowest BCUT2D eigenvalue weighted by Gasteiger charge is -2.22. The second-order valence-electron chi connectivity index (χ2n) is 4.85. The number of hydrogen-bond donors (Lipinski definition) is 1. The maximum Gasteiger partial charge on any atom is 0.304 e. The highest BCUT2D eigenvalue weighted by molar-refractivity contribution is 6.03. The number of benzene rings is 1. The standard InChI is InChI=1S/C14H18O5/c1-14(2,8-12(15)16)13(17)10-6-5-9(18-3)7-11(10)19-4/h5-7H,8H2,1-4H3,(H,15,16). The molecule has 104 valence electrons. The van der Waals surface area contributed by atoms with Crippen molar-refractivity contribution in [2.75, 3.05) is 14.2 Å². The molecule has 0 fully saturated rings. The summed E-state index contributed by atoms with van der Waals surface area (Å²) in [5.41, 5.74) is -0.636. The van der Waals surface area contributed by atoms with Crippen LogP contribution < -0.4 is 9.47 Å². The van der Waals surface area contributed by atoms with E-state index in [1.54, 1.807) is 32.0 Å². The van der Waals surface area contributed by atoms with Crippen LogP contribution in [0.2, 0.25) is 0 Å². The van der Waals surface area contributed by atoms with Crippen molar-refractivity contribution in [3.63, 3.8) is 0 Å². The molecule has 0 aliphatic heterocycles. The maximum atomic E-state index is 12.4. The quantitative estimate of drug-likeness (QED) is 0.800. The number of hydrogen-bond acceptors (Lipinski definition) is 4. The van der Waals surface area contributed by atoms with Crippen molar-refractivity contribution in [3.05, 3.63) is 23.8 Å². The van der Waals surface area contributed by atoms with Gasteiger partial charge in [-0.1, -0.05) is 13.8 Å². The summed E-state index contributed by atoms with van der Waals surface area (Å²) in [5, 5.41) is 8.85. The summed E-state index contributed by atoms with van der Waals surface area (Å²) in [6.45, 7) is 3.21. The lowest BCUT2D eigenvalue weighted by molar-refractivity contribution is -0.138. The summed E-state index contributed by atoms with van der Waals surface area (Å²) in [6, 6.07) is 4.83. The van der Waals surface area contributed by atoms with Crippen LogP contribution in [0.5, 0.6) is 11.5 Å². The molecule has 0 saturated heterocycles. The Morgan fingerprint density at radius 3 is 2.32 bits per heavy atom. The van der Waals surface area contributed by atoms with Gasteiger partial charge in [-0.3, -0.25) is 9.59 Å². The molecule has 0 heterocycles. The average Bonchev–Trinajstić information content (AvgIpc) is 2.35. The number of carbonyl (C=O) groups excluding carboxylic acids is 1. The van der Waals surface area contributed by atoms with Crippen molar-refractivity contribution in [1.82, 2.24) is 0 Å². The van der Waals surface area contributed by atoms with Crippen molar-refractivity contribution in [1.29, 1.82) is 0 Å². The number of carbonyl (C=O) groups is 2. The predicted octanol–water partition coefficient (Wildman–Crippen LogP) is 2.39. The average molecular weight is 266 g/mol. The Morgan fingerprint density at radius 2 is 1.84 bits per heavy atom. The van der Waals surface area contributed by atoms with E-state index in [9.17, 15) is 9.59 Å². The molecule has 0 aliphatic rings. The van der Waals surface area contributed by atoms with Crippen LogP contribution in [0, 0.1) is 5.41 Å². The maximum absolute atomic E-state index is 12.4. The van der Waals surface area contributed by atoms with Crippen LogP contribution in [-0.2, 0) is 4.79 Å². The minimum atomic E-state index is -1.01. The largest absolute Gasteiger partial charge is 0.497 e. The molecule has 1 N–H and O–H groups in total. The van der Waals surface area contributed by atoms with E-state index >= 15 is 0 Å². The number of ketones is 1. The smallest absolute Gasteiger partial charge is 0.304 e. The van der Waals surface area contributed by atoms with Gasteiger partial charge < -0.3 is 14.6 Å². The summed E-state index contributed by atoms with van der Waals surface area (Å²) in [5.74, 6) is -0.326. The van der Waals surface area contributed by atoms with Gasteiger partial charge in [-0.15, -0.1) is 0 Å². The third-order valence-electron chi connectivity index (χ3n) is 2.86. The minimum Gasteiger partial charge on any atom is -0.497 e. The molecule has 0 radical (unpaired) electrons. The van der Waals surface area contributed by atoms with Gasteiger partial charge in [-0.25, -0.2) is 0 Å². The molecule has 5 nitrogen and oxygen atoms in total. The number of ether oxygens (including phenoxy) is 2. The summed E-state index contributed by atoms with van der Waals surface area (Å²) >= 11 is 0. The van der Waals surface area contributed by atoms with Crippen LogP contribution >= 0.6 is 0 Å². The van der Waals surface area contributed by atoms with E-state index in [-0.39, 0.29) is 12.2 Å². The van der Waals surface area contributed by atoms with Crippen LogP contribution in [0.25, 0.3) is 0 Å². The second-order valence-corrected chi connectivity index (χ2v) is 4.85. The van der Waals surface area contributed by atoms with E-state index in [2.05, 4.69) is 0 Å². The summed E-state index contributed by atoms with van der Waals surface area (Å²) in [6.07, 6.45) is -0.235. The second kappa shape index (κ2) is 5.73. The number of carboxylic acids is 1.